The molecule has 10 heteroatoms. The summed E-state index contributed by atoms with van der Waals surface area (Å²) < 4.78 is 21.7. The predicted molar refractivity (Wildman–Crippen MR) is 132 cm³/mol. The molecular weight excluding hydrogens is 438 g/mol. The number of alkyl carbamates (subject to hydrolysis) is 1. The van der Waals surface area contributed by atoms with E-state index in [0.29, 0.717) is 51.6 Å². The molecule has 0 radical (unpaired) electrons. The third kappa shape index (κ3) is 24.2. The van der Waals surface area contributed by atoms with Gasteiger partial charge >= 0.3 is 6.09 Å². The van der Waals surface area contributed by atoms with Crippen LogP contribution in [0.2, 0.25) is 0 Å². The fraction of sp³-hybridized carbons (Fsp3) is 0.952. The molecule has 3 N–H and O–H groups in total. The van der Waals surface area contributed by atoms with Crippen LogP contribution in [-0.4, -0.2) is 89.1 Å². The van der Waals surface area contributed by atoms with Crippen molar-refractivity contribution in [1.29, 1.82) is 0 Å². The predicted octanol–water partition coefficient (Wildman–Crippen LogP) is 3.27. The Balaban J connectivity index is 3.48. The van der Waals surface area contributed by atoms with Crippen molar-refractivity contribution in [3.63, 3.8) is 0 Å². The highest BCUT2D eigenvalue weighted by Crippen LogP contribution is 2.37. The van der Waals surface area contributed by atoms with Gasteiger partial charge in [0.15, 0.2) is 0 Å². The summed E-state index contributed by atoms with van der Waals surface area (Å²) >= 11 is 0. The largest absolute Gasteiger partial charge is 0.450 e. The number of rotatable bonds is 22. The number of ether oxygens (including phenoxy) is 4. The third-order valence-electron chi connectivity index (χ3n) is 4.01. The van der Waals surface area contributed by atoms with Gasteiger partial charge in [-0.25, -0.2) is 4.79 Å². The molecule has 0 heterocycles. The highest BCUT2D eigenvalue weighted by atomic mass is 33.1. The third-order valence-corrected chi connectivity index (χ3v) is 7.04. The van der Waals surface area contributed by atoms with Crippen LogP contribution in [0.15, 0.2) is 0 Å². The Labute approximate surface area is 197 Å². The van der Waals surface area contributed by atoms with Crippen LogP contribution < -0.4 is 16.0 Å². The van der Waals surface area contributed by atoms with E-state index < -0.39 is 6.09 Å². The zero-order valence-corrected chi connectivity index (χ0v) is 21.8. The summed E-state index contributed by atoms with van der Waals surface area (Å²) in [6.45, 7) is 14.3. The summed E-state index contributed by atoms with van der Waals surface area (Å²) in [5, 5.41) is 9.10. The first-order valence-electron chi connectivity index (χ1n) is 11.2. The average Bonchev–Trinajstić information content (AvgIpc) is 2.71. The lowest BCUT2D eigenvalue weighted by atomic mass is 10.1. The van der Waals surface area contributed by atoms with Gasteiger partial charge in [-0.05, 0) is 46.7 Å². The molecule has 0 saturated carbocycles. The lowest BCUT2D eigenvalue weighted by molar-refractivity contribution is 0.0497. The topological polar surface area (TPSA) is 90.1 Å². The van der Waals surface area contributed by atoms with Crippen LogP contribution in [0.25, 0.3) is 0 Å². The van der Waals surface area contributed by atoms with Crippen molar-refractivity contribution in [2.24, 2.45) is 0 Å². The number of hydrogen-bond acceptors (Lipinski definition) is 9. The van der Waals surface area contributed by atoms with E-state index >= 15 is 0 Å². The molecule has 0 aliphatic heterocycles. The molecule has 0 spiro atoms. The van der Waals surface area contributed by atoms with E-state index in [-0.39, 0.29) is 4.75 Å². The minimum atomic E-state index is -0.405. The van der Waals surface area contributed by atoms with E-state index in [0.717, 1.165) is 39.0 Å². The van der Waals surface area contributed by atoms with Gasteiger partial charge in [0.25, 0.3) is 0 Å². The summed E-state index contributed by atoms with van der Waals surface area (Å²) in [5.41, 5.74) is 0. The maximum Gasteiger partial charge on any atom is 0.407 e. The zero-order valence-electron chi connectivity index (χ0n) is 20.1. The van der Waals surface area contributed by atoms with Gasteiger partial charge in [-0.2, -0.15) is 0 Å². The second-order valence-corrected chi connectivity index (χ2v) is 10.9. The Kier molecular flexibility index (Phi) is 21.4. The van der Waals surface area contributed by atoms with Crippen molar-refractivity contribution >= 4 is 27.7 Å². The second-order valence-electron chi connectivity index (χ2n) is 7.94. The first-order chi connectivity index (χ1) is 14.9. The van der Waals surface area contributed by atoms with Crippen molar-refractivity contribution in [3.05, 3.63) is 0 Å². The number of amides is 1. The van der Waals surface area contributed by atoms with Crippen molar-refractivity contribution in [2.45, 2.75) is 57.7 Å². The number of nitrogens with one attached hydrogen (secondary N) is 3. The summed E-state index contributed by atoms with van der Waals surface area (Å²) in [5.74, 6) is 0.674. The molecular formula is C21H45N3O5S2. The molecule has 0 atom stereocenters. The van der Waals surface area contributed by atoms with Crippen LogP contribution >= 0.6 is 21.6 Å². The highest BCUT2D eigenvalue weighted by molar-refractivity contribution is 8.77. The van der Waals surface area contributed by atoms with E-state index in [4.69, 9.17) is 18.9 Å². The molecule has 0 aromatic rings. The molecule has 0 unspecified atom stereocenters. The first kappa shape index (κ1) is 30.8. The zero-order chi connectivity index (χ0) is 23.2. The smallest absolute Gasteiger partial charge is 0.407 e. The normalized spacial score (nSPS) is 11.8. The number of carbonyl (C=O) groups is 1. The summed E-state index contributed by atoms with van der Waals surface area (Å²) in [7, 11) is 5.36. The van der Waals surface area contributed by atoms with Crippen LogP contribution in [-0.2, 0) is 18.9 Å². The number of likely N-dealkylation sites (N-methyl/N-ethyl adjacent to an activating group) is 1. The van der Waals surface area contributed by atoms with Gasteiger partial charge in [0.05, 0.1) is 33.0 Å². The minimum Gasteiger partial charge on any atom is -0.450 e. The quantitative estimate of drug-likeness (QED) is 0.122. The number of unbranched alkanes of at least 4 members (excludes halogenated alkanes) is 1. The molecule has 1 amide bonds. The van der Waals surface area contributed by atoms with E-state index in [1.165, 1.54) is 0 Å². The van der Waals surface area contributed by atoms with Crippen LogP contribution in [0.4, 0.5) is 4.79 Å². The Bertz CT molecular complexity index is 418. The minimum absolute atomic E-state index is 0.00585. The maximum atomic E-state index is 11.7. The molecule has 0 aromatic heterocycles. The van der Waals surface area contributed by atoms with Gasteiger partial charge in [-0.3, -0.25) is 0 Å². The van der Waals surface area contributed by atoms with Crippen LogP contribution in [0.1, 0.15) is 47.0 Å². The SMILES string of the molecule is CNCCOCCOCCNC(=O)OCCC(C)(C)SSCOCCCCNC(C)C. The first-order valence-corrected chi connectivity index (χ1v) is 13.5. The molecule has 186 valence electrons. The molecule has 31 heavy (non-hydrogen) atoms. The van der Waals surface area contributed by atoms with Gasteiger partial charge in [-0.1, -0.05) is 35.4 Å². The number of hydrogen-bond donors (Lipinski definition) is 3. The van der Waals surface area contributed by atoms with Crippen LogP contribution in [0.3, 0.4) is 0 Å². The van der Waals surface area contributed by atoms with Crippen molar-refractivity contribution < 1.29 is 23.7 Å². The Morgan fingerprint density at radius 2 is 1.61 bits per heavy atom. The Morgan fingerprint density at radius 1 is 0.903 bits per heavy atom. The Hall–Kier alpha value is -0.230. The van der Waals surface area contributed by atoms with Gasteiger partial charge in [0.1, 0.15) is 5.94 Å². The van der Waals surface area contributed by atoms with Crippen LogP contribution in [0.5, 0.6) is 0 Å². The lowest BCUT2D eigenvalue weighted by Gasteiger charge is -2.22. The van der Waals surface area contributed by atoms with Crippen molar-refractivity contribution in [2.75, 3.05) is 72.3 Å². The summed E-state index contributed by atoms with van der Waals surface area (Å²) in [4.78, 5) is 11.7. The van der Waals surface area contributed by atoms with Gasteiger partial charge in [0, 0.05) is 30.5 Å². The Morgan fingerprint density at radius 3 is 2.29 bits per heavy atom. The standard InChI is InChI=1S/C21H45N3O5S2/c1-19(2)23-9-6-7-12-28-18-30-31-21(3,4)8-13-29-20(25)24-11-15-27-17-16-26-14-10-22-5/h19,22-23H,6-18H2,1-5H3,(H,24,25). The molecule has 0 saturated heterocycles. The summed E-state index contributed by atoms with van der Waals surface area (Å²) in [6, 6.07) is 0.544. The fourth-order valence-electron chi connectivity index (χ4n) is 2.20. The highest BCUT2D eigenvalue weighted by Gasteiger charge is 2.19. The van der Waals surface area contributed by atoms with E-state index in [2.05, 4.69) is 43.6 Å². The molecule has 0 aliphatic rings. The molecule has 0 aromatic carbocycles. The molecule has 0 fully saturated rings. The van der Waals surface area contributed by atoms with Crippen LogP contribution in [0, 0.1) is 0 Å². The van der Waals surface area contributed by atoms with Crippen molar-refractivity contribution in [3.8, 4) is 0 Å². The molecule has 0 aliphatic carbocycles. The lowest BCUT2D eigenvalue weighted by Crippen LogP contribution is -2.29. The van der Waals surface area contributed by atoms with E-state index in [1.54, 1.807) is 21.6 Å². The maximum absolute atomic E-state index is 11.7. The monoisotopic (exact) mass is 483 g/mol. The van der Waals surface area contributed by atoms with Crippen molar-refractivity contribution in [1.82, 2.24) is 16.0 Å². The average molecular weight is 484 g/mol. The summed E-state index contributed by atoms with van der Waals surface area (Å²) in [6.07, 6.45) is 2.59. The number of carbonyl (C=O) groups excluding carboxylic acids is 1. The second kappa shape index (κ2) is 21.6. The molecule has 0 bridgehead atoms. The van der Waals surface area contributed by atoms with E-state index in [1.807, 2.05) is 7.05 Å². The molecule has 0 rings (SSSR count). The van der Waals surface area contributed by atoms with E-state index in [9.17, 15) is 4.79 Å². The fourth-order valence-corrected chi connectivity index (χ4v) is 4.48. The van der Waals surface area contributed by atoms with Gasteiger partial charge in [-0.15, -0.1) is 0 Å². The molecule has 8 nitrogen and oxygen atoms in total. The van der Waals surface area contributed by atoms with Gasteiger partial charge < -0.3 is 34.9 Å². The van der Waals surface area contributed by atoms with Gasteiger partial charge in [0.2, 0.25) is 0 Å².